The molecule has 9 heteroatoms. The molecule has 2 saturated heterocycles. The summed E-state index contributed by atoms with van der Waals surface area (Å²) in [5, 5.41) is 6.51. The van der Waals surface area contributed by atoms with E-state index in [0.717, 1.165) is 11.4 Å². The van der Waals surface area contributed by atoms with Crippen molar-refractivity contribution in [3.63, 3.8) is 0 Å². The molecule has 2 heterocycles. The van der Waals surface area contributed by atoms with Gasteiger partial charge >= 0.3 is 6.03 Å². The van der Waals surface area contributed by atoms with Gasteiger partial charge in [0.1, 0.15) is 6.04 Å². The third-order valence-electron chi connectivity index (χ3n) is 4.55. The first kappa shape index (κ1) is 18.9. The van der Waals surface area contributed by atoms with E-state index >= 15 is 0 Å². The zero-order valence-corrected chi connectivity index (χ0v) is 15.8. The molecule has 4 amide bonds. The Balaban J connectivity index is 1.61. The zero-order valence-electron chi connectivity index (χ0n) is 14.3. The van der Waals surface area contributed by atoms with Crippen LogP contribution in [0.4, 0.5) is 10.5 Å². The predicted octanol–water partition coefficient (Wildman–Crippen LogP) is 2.02. The van der Waals surface area contributed by atoms with Crippen LogP contribution in [-0.2, 0) is 9.59 Å². The van der Waals surface area contributed by atoms with E-state index < -0.39 is 18.0 Å². The Hall–Kier alpha value is -1.83. The van der Waals surface area contributed by atoms with Crippen LogP contribution in [0.2, 0.25) is 10.0 Å². The number of benzene rings is 1. The average Bonchev–Trinajstić information content (AvgIpc) is 2.89. The molecule has 0 aliphatic carbocycles. The summed E-state index contributed by atoms with van der Waals surface area (Å²) < 4.78 is 0. The van der Waals surface area contributed by atoms with Gasteiger partial charge in [0.2, 0.25) is 5.91 Å². The van der Waals surface area contributed by atoms with Gasteiger partial charge in [-0.15, -0.1) is 0 Å². The molecule has 0 saturated carbocycles. The molecule has 2 fully saturated rings. The summed E-state index contributed by atoms with van der Waals surface area (Å²) in [5.74, 6) is -0.400. The monoisotopic (exact) mass is 398 g/mol. The smallest absolute Gasteiger partial charge is 0.329 e. The normalized spacial score (nSPS) is 23.3. The van der Waals surface area contributed by atoms with E-state index in [1.165, 1.54) is 12.1 Å². The van der Waals surface area contributed by atoms with Crippen molar-refractivity contribution in [2.45, 2.75) is 31.8 Å². The highest BCUT2D eigenvalue weighted by Crippen LogP contribution is 2.29. The molecule has 2 aliphatic heterocycles. The molecule has 0 bridgehead atoms. The zero-order chi connectivity index (χ0) is 18.8. The van der Waals surface area contributed by atoms with E-state index in [4.69, 9.17) is 23.2 Å². The van der Waals surface area contributed by atoms with Gasteiger partial charge in [-0.2, -0.15) is 0 Å². The molecule has 1 aromatic rings. The van der Waals surface area contributed by atoms with Crippen LogP contribution in [0, 0.1) is 0 Å². The van der Waals surface area contributed by atoms with Gasteiger partial charge in [0.25, 0.3) is 5.91 Å². The minimum absolute atomic E-state index is 0.00612. The van der Waals surface area contributed by atoms with Gasteiger partial charge in [0.15, 0.2) is 0 Å². The molecule has 0 aromatic heterocycles. The van der Waals surface area contributed by atoms with E-state index in [1.54, 1.807) is 11.0 Å². The maximum Gasteiger partial charge on any atom is 0.329 e. The number of urea groups is 1. The highest BCUT2D eigenvalue weighted by atomic mass is 35.5. The number of rotatable bonds is 4. The number of nitrogens with one attached hydrogen (secondary N) is 2. The lowest BCUT2D eigenvalue weighted by Gasteiger charge is -2.32. The molecule has 0 spiro atoms. The van der Waals surface area contributed by atoms with Crippen molar-refractivity contribution < 1.29 is 14.4 Å². The number of anilines is 1. The summed E-state index contributed by atoms with van der Waals surface area (Å²) in [6, 6.07) is 3.56. The maximum absolute atomic E-state index is 12.6. The fraction of sp³-hybridized carbons (Fsp3) is 0.471. The van der Waals surface area contributed by atoms with Crippen LogP contribution < -0.4 is 15.5 Å². The quantitative estimate of drug-likeness (QED) is 0.760. The number of carbonyl (C=O) groups excluding carboxylic acids is 3. The largest absolute Gasteiger partial charge is 0.340 e. The summed E-state index contributed by atoms with van der Waals surface area (Å²) in [7, 11) is 0. The number of piperazine rings is 1. The van der Waals surface area contributed by atoms with Crippen molar-refractivity contribution in [2.75, 3.05) is 24.5 Å². The van der Waals surface area contributed by atoms with Crippen LogP contribution in [0.5, 0.6) is 0 Å². The van der Waals surface area contributed by atoms with Crippen LogP contribution in [0.25, 0.3) is 0 Å². The Kier molecular flexibility index (Phi) is 5.70. The fourth-order valence-corrected chi connectivity index (χ4v) is 3.47. The molecular formula is C17H20Cl2N4O3. The van der Waals surface area contributed by atoms with Gasteiger partial charge in [-0.05, 0) is 31.5 Å². The number of halogens is 2. The van der Waals surface area contributed by atoms with Crippen molar-refractivity contribution in [1.29, 1.82) is 0 Å². The molecule has 140 valence electrons. The van der Waals surface area contributed by atoms with Gasteiger partial charge in [0, 0.05) is 32.1 Å². The highest BCUT2D eigenvalue weighted by molar-refractivity contribution is 6.42. The first-order valence-electron chi connectivity index (χ1n) is 8.47. The standard InChI is InChI=1S/C17H20Cl2N4O3/c1-10-9-22(7-6-20-10)15(24)5-4-14-16(25)23(17(26)21-14)11-2-3-12(18)13(19)8-11/h2-3,8,10,14,20H,4-7,9H2,1H3,(H,21,26)/t10-,14-/m0/s1. The first-order chi connectivity index (χ1) is 12.4. The molecule has 2 aliphatic rings. The van der Waals surface area contributed by atoms with Gasteiger partial charge in [-0.3, -0.25) is 9.59 Å². The van der Waals surface area contributed by atoms with E-state index in [2.05, 4.69) is 10.6 Å². The Morgan fingerprint density at radius 2 is 2.04 bits per heavy atom. The van der Waals surface area contributed by atoms with Crippen LogP contribution in [-0.4, -0.2) is 54.5 Å². The summed E-state index contributed by atoms with van der Waals surface area (Å²) >= 11 is 11.8. The fourth-order valence-electron chi connectivity index (χ4n) is 3.18. The topological polar surface area (TPSA) is 81.8 Å². The summed E-state index contributed by atoms with van der Waals surface area (Å²) in [6.07, 6.45) is 0.470. The Bertz CT molecular complexity index is 743. The number of amides is 4. The Morgan fingerprint density at radius 1 is 1.27 bits per heavy atom. The number of nitrogens with zero attached hydrogens (tertiary/aromatic N) is 2. The van der Waals surface area contributed by atoms with E-state index in [9.17, 15) is 14.4 Å². The van der Waals surface area contributed by atoms with Crippen molar-refractivity contribution in [3.05, 3.63) is 28.2 Å². The summed E-state index contributed by atoms with van der Waals surface area (Å²) in [4.78, 5) is 40.0. The number of imide groups is 1. The molecular weight excluding hydrogens is 379 g/mol. The van der Waals surface area contributed by atoms with Crippen molar-refractivity contribution in [3.8, 4) is 0 Å². The van der Waals surface area contributed by atoms with Crippen LogP contribution in [0.1, 0.15) is 19.8 Å². The van der Waals surface area contributed by atoms with Gasteiger partial charge in [-0.1, -0.05) is 23.2 Å². The second-order valence-electron chi connectivity index (χ2n) is 6.51. The number of hydrogen-bond acceptors (Lipinski definition) is 4. The molecule has 26 heavy (non-hydrogen) atoms. The van der Waals surface area contributed by atoms with Gasteiger partial charge < -0.3 is 15.5 Å². The number of carbonyl (C=O) groups is 3. The lowest BCUT2D eigenvalue weighted by Crippen LogP contribution is -2.51. The van der Waals surface area contributed by atoms with Crippen molar-refractivity contribution in [2.24, 2.45) is 0 Å². The number of hydrogen-bond donors (Lipinski definition) is 2. The average molecular weight is 399 g/mol. The van der Waals surface area contributed by atoms with E-state index in [0.29, 0.717) is 23.8 Å². The lowest BCUT2D eigenvalue weighted by molar-refractivity contribution is -0.132. The Morgan fingerprint density at radius 3 is 2.73 bits per heavy atom. The van der Waals surface area contributed by atoms with E-state index in [1.807, 2.05) is 6.92 Å². The molecule has 2 N–H and O–H groups in total. The second kappa shape index (κ2) is 7.82. The predicted molar refractivity (Wildman–Crippen MR) is 99.5 cm³/mol. The van der Waals surface area contributed by atoms with Crippen LogP contribution in [0.15, 0.2) is 18.2 Å². The third-order valence-corrected chi connectivity index (χ3v) is 5.29. The maximum atomic E-state index is 12.6. The van der Waals surface area contributed by atoms with Gasteiger partial charge in [0.05, 0.1) is 15.7 Å². The third kappa shape index (κ3) is 3.95. The molecule has 1 aromatic carbocycles. The molecule has 0 unspecified atom stereocenters. The minimum Gasteiger partial charge on any atom is -0.340 e. The van der Waals surface area contributed by atoms with Crippen LogP contribution >= 0.6 is 23.2 Å². The first-order valence-corrected chi connectivity index (χ1v) is 9.23. The lowest BCUT2D eigenvalue weighted by atomic mass is 10.1. The second-order valence-corrected chi connectivity index (χ2v) is 7.32. The summed E-state index contributed by atoms with van der Waals surface area (Å²) in [6.45, 7) is 4.09. The highest BCUT2D eigenvalue weighted by Gasteiger charge is 2.39. The van der Waals surface area contributed by atoms with Crippen molar-refractivity contribution in [1.82, 2.24) is 15.5 Å². The van der Waals surface area contributed by atoms with Crippen LogP contribution in [0.3, 0.4) is 0 Å². The molecule has 2 atom stereocenters. The van der Waals surface area contributed by atoms with Crippen molar-refractivity contribution >= 4 is 46.7 Å². The summed E-state index contributed by atoms with van der Waals surface area (Å²) in [5.41, 5.74) is 0.353. The molecule has 7 nitrogen and oxygen atoms in total. The Labute approximate surface area is 161 Å². The minimum atomic E-state index is -0.721. The SMILES string of the molecule is C[C@H]1CN(C(=O)CC[C@@H]2NC(=O)N(c3ccc(Cl)c(Cl)c3)C2=O)CCN1. The van der Waals surface area contributed by atoms with E-state index in [-0.39, 0.29) is 29.8 Å². The molecule has 0 radical (unpaired) electrons. The van der Waals surface area contributed by atoms with Gasteiger partial charge in [-0.25, -0.2) is 9.69 Å². The molecule has 3 rings (SSSR count).